The van der Waals surface area contributed by atoms with Gasteiger partial charge < -0.3 is 9.41 Å². The number of hydrogen-bond donors (Lipinski definition) is 0. The van der Waals surface area contributed by atoms with Crippen LogP contribution < -0.4 is 119 Å². The molecule has 0 radical (unpaired) electrons. The summed E-state index contributed by atoms with van der Waals surface area (Å²) in [5.41, 5.74) is 0. The van der Waals surface area contributed by atoms with E-state index in [1.54, 1.807) is 0 Å². The van der Waals surface area contributed by atoms with E-state index in [9.17, 15) is 0 Å². The van der Waals surface area contributed by atoms with E-state index in [4.69, 9.17) is 0 Å². The summed E-state index contributed by atoms with van der Waals surface area (Å²) in [5, 5.41) is 0. The molecule has 0 aromatic rings. The molecule has 0 saturated heterocycles. The largest absolute Gasteiger partial charge is 1.00 e. The second kappa shape index (κ2) is 16.2. The molecule has 0 rings (SSSR count). The van der Waals surface area contributed by atoms with E-state index >= 15 is 0 Å². The minimum Gasteiger partial charge on any atom is -1.00 e. The Morgan fingerprint density at radius 1 is 0.750 bits per heavy atom. The maximum Gasteiger partial charge on any atom is 1.00 e. The van der Waals surface area contributed by atoms with Crippen LogP contribution in [0.1, 0.15) is 0 Å². The van der Waals surface area contributed by atoms with Crippen LogP contribution in [-0.2, 0) is 0 Å². The molecule has 0 aromatic carbocycles. The molecule has 0 atom stereocenters. The Morgan fingerprint density at radius 2 is 0.750 bits per heavy atom. The standard InChI is InChI=1S/2FH.K.Rb/h2*1H;;/q;;2*+1/p-2. The molecule has 0 nitrogen and oxygen atoms in total. The van der Waals surface area contributed by atoms with E-state index in [-0.39, 0.29) is 119 Å². The number of halogens is 2. The van der Waals surface area contributed by atoms with Gasteiger partial charge in [-0.1, -0.05) is 0 Å². The Morgan fingerprint density at radius 3 is 0.750 bits per heavy atom. The van der Waals surface area contributed by atoms with Gasteiger partial charge in [0.25, 0.3) is 0 Å². The van der Waals surface area contributed by atoms with Crippen molar-refractivity contribution < 1.29 is 119 Å². The Bertz CT molecular complexity index is 6.00. The molecule has 0 heterocycles. The first kappa shape index (κ1) is 26.6. The van der Waals surface area contributed by atoms with Crippen LogP contribution >= 0.6 is 0 Å². The smallest absolute Gasteiger partial charge is 1.00 e. The van der Waals surface area contributed by atoms with Crippen LogP contribution in [-0.4, -0.2) is 0 Å². The maximum atomic E-state index is 0. The Labute approximate surface area is 115 Å². The molecule has 0 unspecified atom stereocenters. The molecular weight excluding hydrogens is 163 g/mol. The van der Waals surface area contributed by atoms with Crippen molar-refractivity contribution in [1.82, 2.24) is 0 Å². The normalized spacial score (nSPS) is 0. The SMILES string of the molecule is [F-].[F-].[K+].[Rb+]. The number of rotatable bonds is 0. The molecule has 0 spiro atoms. The fourth-order valence-electron chi connectivity index (χ4n) is 0. The zero-order chi connectivity index (χ0) is 0. The van der Waals surface area contributed by atoms with Gasteiger partial charge in [-0.25, -0.2) is 0 Å². The molecule has 4 heteroatoms. The van der Waals surface area contributed by atoms with E-state index < -0.39 is 0 Å². The van der Waals surface area contributed by atoms with Crippen LogP contribution in [0.5, 0.6) is 0 Å². The first-order valence-corrected chi connectivity index (χ1v) is 0. The van der Waals surface area contributed by atoms with E-state index in [2.05, 4.69) is 0 Å². The second-order valence-electron chi connectivity index (χ2n) is 0. The minimum atomic E-state index is 0. The Hall–Kier alpha value is 3.30. The molecule has 0 fully saturated rings. The van der Waals surface area contributed by atoms with Gasteiger partial charge in [-0.15, -0.1) is 0 Å². The average Bonchev–Trinajstić information content (AvgIpc) is 0. The fraction of sp³-hybridized carbons (Fsp3) is 0. The summed E-state index contributed by atoms with van der Waals surface area (Å²) >= 11 is 0. The Balaban J connectivity index is 0. The summed E-state index contributed by atoms with van der Waals surface area (Å²) in [7, 11) is 0. The van der Waals surface area contributed by atoms with E-state index in [0.717, 1.165) is 0 Å². The second-order valence-corrected chi connectivity index (χ2v) is 0. The van der Waals surface area contributed by atoms with Crippen LogP contribution in [0.25, 0.3) is 0 Å². The third-order valence-corrected chi connectivity index (χ3v) is 0. The topological polar surface area (TPSA) is 0 Å². The van der Waals surface area contributed by atoms with Crippen molar-refractivity contribution in [2.75, 3.05) is 0 Å². The van der Waals surface area contributed by atoms with Crippen LogP contribution in [0.2, 0.25) is 0 Å². The van der Waals surface area contributed by atoms with Crippen molar-refractivity contribution in [3.8, 4) is 0 Å². The van der Waals surface area contributed by atoms with Gasteiger partial charge >= 0.3 is 110 Å². The molecule has 0 bridgehead atoms. The molecular formula is F2KRb. The van der Waals surface area contributed by atoms with Crippen LogP contribution in [0.3, 0.4) is 0 Å². The quantitative estimate of drug-likeness (QED) is 0.311. The fourth-order valence-corrected chi connectivity index (χ4v) is 0. The third-order valence-electron chi connectivity index (χ3n) is 0. The molecule has 16 valence electrons. The summed E-state index contributed by atoms with van der Waals surface area (Å²) < 4.78 is 0. The predicted molar refractivity (Wildman–Crippen MR) is 0 cm³/mol. The van der Waals surface area contributed by atoms with Gasteiger partial charge in [0.1, 0.15) is 0 Å². The van der Waals surface area contributed by atoms with Gasteiger partial charge in [0.05, 0.1) is 0 Å². The van der Waals surface area contributed by atoms with E-state index in [0.29, 0.717) is 0 Å². The third kappa shape index (κ3) is 9.00. The first-order valence-electron chi connectivity index (χ1n) is 0. The summed E-state index contributed by atoms with van der Waals surface area (Å²) in [5.74, 6) is 0. The van der Waals surface area contributed by atoms with Crippen molar-refractivity contribution in [2.24, 2.45) is 0 Å². The van der Waals surface area contributed by atoms with Crippen molar-refractivity contribution in [3.05, 3.63) is 0 Å². The number of hydrogen-bond acceptors (Lipinski definition) is 0. The molecule has 0 N–H and O–H groups in total. The monoisotopic (exact) mass is 162 g/mol. The first-order chi connectivity index (χ1) is 0. The molecule has 0 amide bonds. The van der Waals surface area contributed by atoms with Crippen LogP contribution in [0, 0.1) is 0 Å². The van der Waals surface area contributed by atoms with Crippen molar-refractivity contribution in [1.29, 1.82) is 0 Å². The van der Waals surface area contributed by atoms with Crippen LogP contribution in [0.4, 0.5) is 0 Å². The zero-order valence-electron chi connectivity index (χ0n) is 2.76. The molecule has 4 heavy (non-hydrogen) atoms. The average molecular weight is 163 g/mol. The maximum absolute atomic E-state index is 0. The summed E-state index contributed by atoms with van der Waals surface area (Å²) in [6.45, 7) is 0. The summed E-state index contributed by atoms with van der Waals surface area (Å²) in [6.07, 6.45) is 0. The molecule has 0 aromatic heterocycles. The van der Waals surface area contributed by atoms with Gasteiger partial charge in [-0.3, -0.25) is 0 Å². The van der Waals surface area contributed by atoms with E-state index in [1.165, 1.54) is 0 Å². The van der Waals surface area contributed by atoms with Gasteiger partial charge in [-0.05, 0) is 0 Å². The van der Waals surface area contributed by atoms with E-state index in [1.807, 2.05) is 0 Å². The zero-order valence-corrected chi connectivity index (χ0v) is 10.8. The molecule has 0 aliphatic carbocycles. The van der Waals surface area contributed by atoms with Crippen molar-refractivity contribution >= 4 is 0 Å². The van der Waals surface area contributed by atoms with Gasteiger partial charge in [0.2, 0.25) is 0 Å². The van der Waals surface area contributed by atoms with Crippen molar-refractivity contribution in [3.63, 3.8) is 0 Å². The van der Waals surface area contributed by atoms with Crippen LogP contribution in [0.15, 0.2) is 0 Å². The summed E-state index contributed by atoms with van der Waals surface area (Å²) in [4.78, 5) is 0. The van der Waals surface area contributed by atoms with Gasteiger partial charge in [-0.2, -0.15) is 0 Å². The predicted octanol–water partition coefficient (Wildman–Crippen LogP) is -12.0. The molecule has 0 saturated carbocycles. The van der Waals surface area contributed by atoms with Gasteiger partial charge in [0.15, 0.2) is 0 Å². The molecule has 0 aliphatic heterocycles. The van der Waals surface area contributed by atoms with Gasteiger partial charge in [0, 0.05) is 0 Å². The molecule has 0 aliphatic rings. The summed E-state index contributed by atoms with van der Waals surface area (Å²) in [6, 6.07) is 0. The van der Waals surface area contributed by atoms with Crippen molar-refractivity contribution in [2.45, 2.75) is 0 Å². The Kier molecular flexibility index (Phi) is 108. The minimum absolute atomic E-state index is 0.